The van der Waals surface area contributed by atoms with Gasteiger partial charge in [0, 0.05) is 24.2 Å². The predicted octanol–water partition coefficient (Wildman–Crippen LogP) is 3.97. The van der Waals surface area contributed by atoms with Gasteiger partial charge in [-0.05, 0) is 42.0 Å². The predicted molar refractivity (Wildman–Crippen MR) is 138 cm³/mol. The highest BCUT2D eigenvalue weighted by atomic mass is 32.2. The van der Waals surface area contributed by atoms with E-state index < -0.39 is 21.5 Å². The van der Waals surface area contributed by atoms with Gasteiger partial charge in [-0.1, -0.05) is 46.8 Å². The number of pyridine rings is 1. The van der Waals surface area contributed by atoms with Crippen molar-refractivity contribution in [3.05, 3.63) is 52.8 Å². The van der Waals surface area contributed by atoms with Crippen LogP contribution in [-0.2, 0) is 16.4 Å². The maximum atomic E-state index is 13.2. The maximum Gasteiger partial charge on any atom is 0.317 e. The van der Waals surface area contributed by atoms with Gasteiger partial charge in [0.1, 0.15) is 11.9 Å². The fraction of sp³-hybridized carbons (Fsp3) is 0.556. The van der Waals surface area contributed by atoms with Gasteiger partial charge in [-0.3, -0.25) is 4.98 Å². The number of aliphatic hydroxyl groups excluding tert-OH is 1. The van der Waals surface area contributed by atoms with Gasteiger partial charge >= 0.3 is 6.03 Å². The third-order valence-corrected chi connectivity index (χ3v) is 9.35. The minimum Gasteiger partial charge on any atom is -0.481 e. The topological polar surface area (TPSA) is 109 Å². The molecule has 8 nitrogen and oxygen atoms in total. The highest BCUT2D eigenvalue weighted by molar-refractivity contribution is 7.91. The minimum atomic E-state index is -3.32. The largest absolute Gasteiger partial charge is 0.481 e. The number of rotatable bonds is 6. The van der Waals surface area contributed by atoms with E-state index in [0.717, 1.165) is 22.4 Å². The lowest BCUT2D eigenvalue weighted by molar-refractivity contribution is -0.0583. The average molecular weight is 516 g/mol. The van der Waals surface area contributed by atoms with Crippen LogP contribution in [-0.4, -0.2) is 53.9 Å². The van der Waals surface area contributed by atoms with Crippen LogP contribution < -0.4 is 10.1 Å². The van der Waals surface area contributed by atoms with E-state index in [1.54, 1.807) is 17.9 Å². The maximum absolute atomic E-state index is 13.2. The fourth-order valence-corrected chi connectivity index (χ4v) is 6.28. The molecule has 2 aromatic rings. The summed E-state index contributed by atoms with van der Waals surface area (Å²) in [7, 11) is -3.32. The summed E-state index contributed by atoms with van der Waals surface area (Å²) in [5.74, 6) is 1.14. The van der Waals surface area contributed by atoms with Crippen molar-refractivity contribution >= 4 is 15.9 Å². The second-order valence-corrected chi connectivity index (χ2v) is 12.9. The molecule has 0 aliphatic carbocycles. The Balaban J connectivity index is 1.53. The number of hydrogen-bond donors (Lipinski definition) is 2. The molecule has 1 aromatic heterocycles. The van der Waals surface area contributed by atoms with Gasteiger partial charge in [-0.2, -0.15) is 0 Å². The van der Waals surface area contributed by atoms with E-state index in [4.69, 9.17) is 4.74 Å². The molecule has 1 aromatic carbocycles. The molecule has 1 saturated heterocycles. The molecule has 196 valence electrons. The van der Waals surface area contributed by atoms with Crippen molar-refractivity contribution in [3.63, 3.8) is 0 Å². The van der Waals surface area contributed by atoms with E-state index in [1.165, 1.54) is 12.3 Å². The molecule has 2 N–H and O–H groups in total. The molecular weight excluding hydrogens is 478 g/mol. The number of sulfone groups is 1. The summed E-state index contributed by atoms with van der Waals surface area (Å²) in [5, 5.41) is 14.5. The second kappa shape index (κ2) is 9.67. The Morgan fingerprint density at radius 1 is 1.25 bits per heavy atom. The van der Waals surface area contributed by atoms with Gasteiger partial charge in [0.15, 0.2) is 15.4 Å². The van der Waals surface area contributed by atoms with Crippen LogP contribution in [0.25, 0.3) is 0 Å². The van der Waals surface area contributed by atoms with E-state index >= 15 is 0 Å². The monoisotopic (exact) mass is 515 g/mol. The van der Waals surface area contributed by atoms with Crippen molar-refractivity contribution in [2.24, 2.45) is 11.8 Å². The van der Waals surface area contributed by atoms with E-state index in [9.17, 15) is 18.3 Å². The highest BCUT2D eigenvalue weighted by Crippen LogP contribution is 2.55. The van der Waals surface area contributed by atoms with Crippen molar-refractivity contribution < 1.29 is 23.1 Å². The number of nitrogens with one attached hydrogen (secondary N) is 1. The SMILES string of the molecule is CCS(=O)(=O)c1ccc(CNC(=O)N2CC(C(C)C)C3(C2)Oc2c(C(C)C)ccc(C)c2C3O)nc1. The second-order valence-electron chi connectivity index (χ2n) is 10.6. The molecule has 3 atom stereocenters. The molecule has 1 fully saturated rings. The van der Waals surface area contributed by atoms with Gasteiger partial charge in [-0.25, -0.2) is 13.2 Å². The molecule has 36 heavy (non-hydrogen) atoms. The standard InChI is InChI=1S/C27H37N3O5S/c1-7-36(33,34)20-10-9-19(28-13-20)12-29-26(32)30-14-22(17(4)5)27(15-30)25(31)23-18(6)8-11-21(16(2)3)24(23)35-27/h8-11,13,16-17,22,25,31H,7,12,14-15H2,1-6H3,(H,29,32). The van der Waals surface area contributed by atoms with Crippen LogP contribution >= 0.6 is 0 Å². The number of aromatic nitrogens is 1. The van der Waals surface area contributed by atoms with E-state index in [1.807, 2.05) is 13.0 Å². The molecule has 3 heterocycles. The van der Waals surface area contributed by atoms with Crippen molar-refractivity contribution in [1.82, 2.24) is 15.2 Å². The van der Waals surface area contributed by atoms with Crippen LogP contribution in [0.2, 0.25) is 0 Å². The van der Waals surface area contributed by atoms with Gasteiger partial charge < -0.3 is 20.1 Å². The van der Waals surface area contributed by atoms with Gasteiger partial charge in [0.2, 0.25) is 0 Å². The van der Waals surface area contributed by atoms with Gasteiger partial charge in [0.25, 0.3) is 0 Å². The average Bonchev–Trinajstić information content (AvgIpc) is 3.36. The highest BCUT2D eigenvalue weighted by Gasteiger charge is 2.60. The first-order chi connectivity index (χ1) is 16.9. The third kappa shape index (κ3) is 4.47. The summed E-state index contributed by atoms with van der Waals surface area (Å²) >= 11 is 0. The molecule has 2 aliphatic rings. The minimum absolute atomic E-state index is 0.00840. The Morgan fingerprint density at radius 2 is 1.97 bits per heavy atom. The summed E-state index contributed by atoms with van der Waals surface area (Å²) in [6.07, 6.45) is 0.500. The number of aliphatic hydroxyl groups is 1. The fourth-order valence-electron chi connectivity index (χ4n) is 5.46. The van der Waals surface area contributed by atoms with Crippen LogP contribution in [0.4, 0.5) is 4.79 Å². The Bertz CT molecular complexity index is 1240. The number of aryl methyl sites for hydroxylation is 1. The van der Waals surface area contributed by atoms with Crippen LogP contribution in [0.15, 0.2) is 35.4 Å². The van der Waals surface area contributed by atoms with E-state index in [0.29, 0.717) is 12.2 Å². The Hall–Kier alpha value is -2.65. The molecular formula is C27H37N3O5S. The number of carbonyl (C=O) groups is 1. The zero-order valence-corrected chi connectivity index (χ0v) is 22.7. The zero-order valence-electron chi connectivity index (χ0n) is 21.9. The lowest BCUT2D eigenvalue weighted by atomic mass is 9.77. The summed E-state index contributed by atoms with van der Waals surface area (Å²) in [5.41, 5.74) is 2.55. The number of hydrogen-bond acceptors (Lipinski definition) is 6. The van der Waals surface area contributed by atoms with Crippen LogP contribution in [0.5, 0.6) is 5.75 Å². The first kappa shape index (κ1) is 26.4. The lowest BCUT2D eigenvalue weighted by Gasteiger charge is -2.35. The number of amides is 2. The molecule has 0 radical (unpaired) electrons. The van der Waals surface area contributed by atoms with Crippen molar-refractivity contribution in [1.29, 1.82) is 0 Å². The van der Waals surface area contributed by atoms with Gasteiger partial charge in [0.05, 0.1) is 29.4 Å². The smallest absolute Gasteiger partial charge is 0.317 e. The number of fused-ring (bicyclic) bond motifs is 1. The summed E-state index contributed by atoms with van der Waals surface area (Å²) in [6, 6.07) is 6.97. The van der Waals surface area contributed by atoms with E-state index in [2.05, 4.69) is 44.1 Å². The molecule has 3 unspecified atom stereocenters. The van der Waals surface area contributed by atoms with Crippen molar-refractivity contribution in [2.75, 3.05) is 18.8 Å². The number of likely N-dealkylation sites (tertiary alicyclic amines) is 1. The summed E-state index contributed by atoms with van der Waals surface area (Å²) in [4.78, 5) is 19.3. The molecule has 0 saturated carbocycles. The molecule has 9 heteroatoms. The molecule has 2 amide bonds. The first-order valence-electron chi connectivity index (χ1n) is 12.6. The van der Waals surface area contributed by atoms with Crippen molar-refractivity contribution in [3.8, 4) is 5.75 Å². The Morgan fingerprint density at radius 3 is 2.56 bits per heavy atom. The molecule has 2 aliphatic heterocycles. The number of benzene rings is 1. The van der Waals surface area contributed by atoms with Crippen LogP contribution in [0.3, 0.4) is 0 Å². The zero-order chi connectivity index (χ0) is 26.4. The molecule has 0 bridgehead atoms. The van der Waals surface area contributed by atoms with Crippen molar-refractivity contribution in [2.45, 2.75) is 70.6 Å². The quantitative estimate of drug-likeness (QED) is 0.603. The Labute approximate surface area is 214 Å². The lowest BCUT2D eigenvalue weighted by Crippen LogP contribution is -2.49. The van der Waals surface area contributed by atoms with Crippen LogP contribution in [0, 0.1) is 18.8 Å². The van der Waals surface area contributed by atoms with Gasteiger partial charge in [-0.15, -0.1) is 0 Å². The number of ether oxygens (including phenoxy) is 1. The number of urea groups is 1. The number of nitrogens with zero attached hydrogens (tertiary/aromatic N) is 2. The van der Waals surface area contributed by atoms with E-state index in [-0.39, 0.29) is 47.5 Å². The molecule has 1 spiro atoms. The number of carbonyl (C=O) groups excluding carboxylic acids is 1. The first-order valence-corrected chi connectivity index (χ1v) is 14.3. The third-order valence-electron chi connectivity index (χ3n) is 7.63. The Kier molecular flexibility index (Phi) is 7.09. The normalized spacial score (nSPS) is 23.4. The van der Waals surface area contributed by atoms with Crippen LogP contribution in [0.1, 0.15) is 69.0 Å². The summed E-state index contributed by atoms with van der Waals surface area (Å²) < 4.78 is 30.7. The summed E-state index contributed by atoms with van der Waals surface area (Å²) in [6.45, 7) is 12.9. The molecule has 4 rings (SSSR count).